The minimum Gasteiger partial charge on any atom is -0.378 e. The Morgan fingerprint density at radius 3 is 2.72 bits per heavy atom. The topological polar surface area (TPSA) is 54.5 Å². The summed E-state index contributed by atoms with van der Waals surface area (Å²) < 4.78 is 6.37. The summed E-state index contributed by atoms with van der Waals surface area (Å²) in [6, 6.07) is 9.82. The average Bonchev–Trinajstić information content (AvgIpc) is 2.59. The summed E-state index contributed by atoms with van der Waals surface area (Å²) >= 11 is 3.43. The normalized spacial score (nSPS) is 14.4. The molecule has 0 spiro atoms. The molecule has 6 heteroatoms. The molecule has 1 amide bonds. The number of carbonyl (C=O) groups is 1. The predicted octanol–water partition coefficient (Wildman–Crippen LogP) is 3.48. The van der Waals surface area contributed by atoms with Crippen molar-refractivity contribution in [2.45, 2.75) is 20.3 Å². The Morgan fingerprint density at radius 2 is 2.04 bits per heavy atom. The molecule has 3 rings (SSSR count). The van der Waals surface area contributed by atoms with Gasteiger partial charge in [-0.25, -0.2) is 4.98 Å². The monoisotopic (exact) mass is 403 g/mol. The van der Waals surface area contributed by atoms with Crippen molar-refractivity contribution in [3.8, 4) is 0 Å². The van der Waals surface area contributed by atoms with Crippen LogP contribution in [0.5, 0.6) is 0 Å². The van der Waals surface area contributed by atoms with E-state index in [0.29, 0.717) is 6.42 Å². The van der Waals surface area contributed by atoms with Gasteiger partial charge in [-0.15, -0.1) is 0 Å². The summed E-state index contributed by atoms with van der Waals surface area (Å²) in [5.74, 6) is 0.911. The van der Waals surface area contributed by atoms with E-state index in [1.54, 1.807) is 0 Å². The van der Waals surface area contributed by atoms with E-state index < -0.39 is 0 Å². The van der Waals surface area contributed by atoms with Crippen LogP contribution in [0.25, 0.3) is 0 Å². The fourth-order valence-corrected chi connectivity index (χ4v) is 3.42. The van der Waals surface area contributed by atoms with E-state index in [4.69, 9.17) is 4.74 Å². The minimum absolute atomic E-state index is 0.0368. The SMILES string of the molecule is Cc1cc(N2CCOCC2)nc(C)c1NC(=O)Cc1cccc(Br)c1. The highest BCUT2D eigenvalue weighted by molar-refractivity contribution is 9.10. The van der Waals surface area contributed by atoms with Crippen LogP contribution in [0.3, 0.4) is 0 Å². The van der Waals surface area contributed by atoms with Crippen LogP contribution in [0.1, 0.15) is 16.8 Å². The molecule has 1 aliphatic heterocycles. The van der Waals surface area contributed by atoms with E-state index in [0.717, 1.165) is 59.1 Å². The molecule has 0 unspecified atom stereocenters. The molecule has 5 nitrogen and oxygen atoms in total. The lowest BCUT2D eigenvalue weighted by Crippen LogP contribution is -2.37. The van der Waals surface area contributed by atoms with Gasteiger partial charge in [0.15, 0.2) is 0 Å². The first-order valence-corrected chi connectivity index (χ1v) is 9.17. The summed E-state index contributed by atoms with van der Waals surface area (Å²) in [6.45, 7) is 7.09. The molecule has 132 valence electrons. The van der Waals surface area contributed by atoms with Crippen molar-refractivity contribution in [3.05, 3.63) is 51.6 Å². The second kappa shape index (κ2) is 7.97. The average molecular weight is 404 g/mol. The van der Waals surface area contributed by atoms with E-state index in [2.05, 4.69) is 31.1 Å². The van der Waals surface area contributed by atoms with Crippen molar-refractivity contribution in [1.29, 1.82) is 0 Å². The van der Waals surface area contributed by atoms with Gasteiger partial charge in [0.05, 0.1) is 31.0 Å². The summed E-state index contributed by atoms with van der Waals surface area (Å²) in [5.41, 5.74) is 3.64. The number of aryl methyl sites for hydroxylation is 2. The number of anilines is 2. The molecule has 25 heavy (non-hydrogen) atoms. The molecule has 0 aliphatic carbocycles. The molecule has 0 bridgehead atoms. The standard InChI is InChI=1S/C19H22BrN3O2/c1-13-10-17(23-6-8-25-9-7-23)21-14(2)19(13)22-18(24)12-15-4-3-5-16(20)11-15/h3-5,10-11H,6-9,12H2,1-2H3,(H,22,24). The number of benzene rings is 1. The van der Waals surface area contributed by atoms with Crippen LogP contribution < -0.4 is 10.2 Å². The molecular weight excluding hydrogens is 382 g/mol. The van der Waals surface area contributed by atoms with Crippen LogP contribution in [-0.4, -0.2) is 37.2 Å². The smallest absolute Gasteiger partial charge is 0.228 e. The lowest BCUT2D eigenvalue weighted by molar-refractivity contribution is -0.115. The van der Waals surface area contributed by atoms with E-state index >= 15 is 0 Å². The van der Waals surface area contributed by atoms with Gasteiger partial charge in [0, 0.05) is 17.6 Å². The maximum atomic E-state index is 12.4. The fraction of sp³-hybridized carbons (Fsp3) is 0.368. The third kappa shape index (κ3) is 4.58. The molecule has 0 saturated carbocycles. The van der Waals surface area contributed by atoms with Crippen LogP contribution in [0.4, 0.5) is 11.5 Å². The number of aromatic nitrogens is 1. The van der Waals surface area contributed by atoms with Gasteiger partial charge in [-0.3, -0.25) is 4.79 Å². The van der Waals surface area contributed by atoms with E-state index in [9.17, 15) is 4.79 Å². The molecular formula is C19H22BrN3O2. The van der Waals surface area contributed by atoms with Gasteiger partial charge >= 0.3 is 0 Å². The third-order valence-corrected chi connectivity index (χ3v) is 4.73. The molecule has 1 aromatic heterocycles. The van der Waals surface area contributed by atoms with E-state index in [1.165, 1.54) is 0 Å². The first-order valence-electron chi connectivity index (χ1n) is 8.38. The number of carbonyl (C=O) groups excluding carboxylic acids is 1. The molecule has 2 aromatic rings. The molecule has 1 fully saturated rings. The molecule has 1 saturated heterocycles. The predicted molar refractivity (Wildman–Crippen MR) is 103 cm³/mol. The van der Waals surface area contributed by atoms with Gasteiger partial charge in [-0.1, -0.05) is 28.1 Å². The highest BCUT2D eigenvalue weighted by atomic mass is 79.9. The number of hydrogen-bond donors (Lipinski definition) is 1. The van der Waals surface area contributed by atoms with E-state index in [-0.39, 0.29) is 5.91 Å². The molecule has 0 radical (unpaired) electrons. The van der Waals surface area contributed by atoms with Crippen LogP contribution in [0.2, 0.25) is 0 Å². The number of ether oxygens (including phenoxy) is 1. The highest BCUT2D eigenvalue weighted by Crippen LogP contribution is 2.25. The van der Waals surface area contributed by atoms with E-state index in [1.807, 2.05) is 44.2 Å². The number of morpholine rings is 1. The first kappa shape index (κ1) is 17.9. The van der Waals surface area contributed by atoms with Crippen LogP contribution in [-0.2, 0) is 16.0 Å². The third-order valence-electron chi connectivity index (χ3n) is 4.24. The van der Waals surface area contributed by atoms with Crippen LogP contribution in [0, 0.1) is 13.8 Å². The van der Waals surface area contributed by atoms with Gasteiger partial charge < -0.3 is 15.0 Å². The fourth-order valence-electron chi connectivity index (χ4n) is 2.97. The largest absolute Gasteiger partial charge is 0.378 e. The van der Waals surface area contributed by atoms with Gasteiger partial charge in [0.2, 0.25) is 5.91 Å². The van der Waals surface area contributed by atoms with Crippen molar-refractivity contribution < 1.29 is 9.53 Å². The molecule has 1 aliphatic rings. The van der Waals surface area contributed by atoms with Crippen molar-refractivity contribution >= 4 is 33.3 Å². The second-order valence-electron chi connectivity index (χ2n) is 6.21. The Morgan fingerprint density at radius 1 is 1.28 bits per heavy atom. The van der Waals surface area contributed by atoms with Crippen LogP contribution >= 0.6 is 15.9 Å². The molecule has 0 atom stereocenters. The number of hydrogen-bond acceptors (Lipinski definition) is 4. The Labute approximate surface area is 156 Å². The minimum atomic E-state index is -0.0368. The van der Waals surface area contributed by atoms with Crippen LogP contribution in [0.15, 0.2) is 34.8 Å². The zero-order valence-electron chi connectivity index (χ0n) is 14.5. The maximum absolute atomic E-state index is 12.4. The molecule has 2 heterocycles. The van der Waals surface area contributed by atoms with Crippen molar-refractivity contribution in [2.24, 2.45) is 0 Å². The quantitative estimate of drug-likeness (QED) is 0.848. The zero-order valence-corrected chi connectivity index (χ0v) is 16.1. The number of nitrogens with zero attached hydrogens (tertiary/aromatic N) is 2. The number of pyridine rings is 1. The highest BCUT2D eigenvalue weighted by Gasteiger charge is 2.16. The molecule has 1 N–H and O–H groups in total. The number of nitrogens with one attached hydrogen (secondary N) is 1. The summed E-state index contributed by atoms with van der Waals surface area (Å²) in [6.07, 6.45) is 0.337. The number of halogens is 1. The Bertz CT molecular complexity index is 750. The Hall–Kier alpha value is -1.92. The van der Waals surface area contributed by atoms with Crippen molar-refractivity contribution in [1.82, 2.24) is 4.98 Å². The Balaban J connectivity index is 1.72. The number of amides is 1. The van der Waals surface area contributed by atoms with Gasteiger partial charge in [0.25, 0.3) is 0 Å². The summed E-state index contributed by atoms with van der Waals surface area (Å²) in [5, 5.41) is 3.02. The Kier molecular flexibility index (Phi) is 5.71. The number of rotatable bonds is 4. The van der Waals surface area contributed by atoms with Crippen molar-refractivity contribution in [2.75, 3.05) is 36.5 Å². The lowest BCUT2D eigenvalue weighted by atomic mass is 10.1. The summed E-state index contributed by atoms with van der Waals surface area (Å²) in [7, 11) is 0. The molecule has 1 aromatic carbocycles. The zero-order chi connectivity index (χ0) is 17.8. The van der Waals surface area contributed by atoms with Crippen molar-refractivity contribution in [3.63, 3.8) is 0 Å². The van der Waals surface area contributed by atoms with Gasteiger partial charge in [-0.2, -0.15) is 0 Å². The first-order chi connectivity index (χ1) is 12.0. The summed E-state index contributed by atoms with van der Waals surface area (Å²) in [4.78, 5) is 19.3. The van der Waals surface area contributed by atoms with Gasteiger partial charge in [-0.05, 0) is 43.2 Å². The lowest BCUT2D eigenvalue weighted by Gasteiger charge is -2.28. The second-order valence-corrected chi connectivity index (χ2v) is 7.13. The maximum Gasteiger partial charge on any atom is 0.228 e. The van der Waals surface area contributed by atoms with Gasteiger partial charge in [0.1, 0.15) is 5.82 Å².